The second-order valence-corrected chi connectivity index (χ2v) is 3.09. The van der Waals surface area contributed by atoms with Crippen LogP contribution in [0.15, 0.2) is 42.1 Å². The summed E-state index contributed by atoms with van der Waals surface area (Å²) in [4.78, 5) is 0. The van der Waals surface area contributed by atoms with E-state index < -0.39 is 0 Å². The molecule has 1 aromatic rings. The predicted octanol–water partition coefficient (Wildman–Crippen LogP) is 2.97. The number of hydrogen-bond acceptors (Lipinski definition) is 2. The minimum Gasteiger partial charge on any atom is -0.387 e. The molecule has 1 rings (SSSR count). The lowest BCUT2D eigenvalue weighted by Gasteiger charge is -2.00. The van der Waals surface area contributed by atoms with Gasteiger partial charge >= 0.3 is 0 Å². The van der Waals surface area contributed by atoms with E-state index in [1.54, 1.807) is 0 Å². The van der Waals surface area contributed by atoms with E-state index in [4.69, 9.17) is 5.41 Å². The average Bonchev–Trinajstić information content (AvgIpc) is 2.22. The topological polar surface area (TPSA) is 35.9 Å². The van der Waals surface area contributed by atoms with Gasteiger partial charge in [-0.1, -0.05) is 35.9 Å². The van der Waals surface area contributed by atoms with Crippen molar-refractivity contribution in [1.29, 1.82) is 5.41 Å². The molecule has 0 spiro atoms. The Morgan fingerprint density at radius 1 is 1.29 bits per heavy atom. The van der Waals surface area contributed by atoms with E-state index in [-0.39, 0.29) is 0 Å². The van der Waals surface area contributed by atoms with Gasteiger partial charge in [-0.2, -0.15) is 0 Å². The minimum atomic E-state index is 0.909. The fraction of sp³-hybridized carbons (Fsp3) is 0.250. The summed E-state index contributed by atoms with van der Waals surface area (Å²) in [5.41, 5.74) is 2.61. The van der Waals surface area contributed by atoms with Crippen molar-refractivity contribution in [2.45, 2.75) is 20.4 Å². The highest BCUT2D eigenvalue weighted by atomic mass is 14.8. The summed E-state index contributed by atoms with van der Waals surface area (Å²) in [5, 5.41) is 8.74. The van der Waals surface area contributed by atoms with Crippen molar-refractivity contribution in [3.05, 3.63) is 47.7 Å². The monoisotopic (exact) mass is 190 g/mol. The molecule has 2 nitrogen and oxygen atoms in total. The van der Waals surface area contributed by atoms with Crippen LogP contribution in [0, 0.1) is 5.41 Å². The van der Waals surface area contributed by atoms with E-state index in [9.17, 15) is 0 Å². The molecule has 0 amide bonds. The first-order chi connectivity index (χ1) is 6.79. The van der Waals surface area contributed by atoms with Crippen LogP contribution in [0.4, 0.5) is 0 Å². The summed E-state index contributed by atoms with van der Waals surface area (Å²) in [6.07, 6.45) is 2.03. The molecule has 76 valence electrons. The van der Waals surface area contributed by atoms with Gasteiger partial charge in [0.05, 0.1) is 0 Å². The second kappa shape index (κ2) is 8.05. The predicted molar refractivity (Wildman–Crippen MR) is 62.6 cm³/mol. The molecule has 0 saturated heterocycles. The quantitative estimate of drug-likeness (QED) is 0.706. The Bertz CT molecular complexity index is 261. The van der Waals surface area contributed by atoms with Crippen molar-refractivity contribution in [3.8, 4) is 0 Å². The smallest absolute Gasteiger partial charge is 0.0395 e. The molecule has 0 radical (unpaired) electrons. The highest BCUT2D eigenvalue weighted by molar-refractivity contribution is 5.16. The summed E-state index contributed by atoms with van der Waals surface area (Å²) in [6, 6.07) is 10.4. The molecular formula is C12H18N2. The van der Waals surface area contributed by atoms with Gasteiger partial charge in [-0.15, -0.1) is 0 Å². The number of hydrogen-bond donors (Lipinski definition) is 2. The van der Waals surface area contributed by atoms with Crippen molar-refractivity contribution in [2.24, 2.45) is 0 Å². The average molecular weight is 190 g/mol. The normalized spacial score (nSPS) is 8.14. The fourth-order valence-electron chi connectivity index (χ4n) is 0.969. The van der Waals surface area contributed by atoms with Gasteiger partial charge in [0, 0.05) is 6.54 Å². The molecule has 0 atom stereocenters. The first-order valence-corrected chi connectivity index (χ1v) is 4.55. The van der Waals surface area contributed by atoms with Gasteiger partial charge in [-0.3, -0.25) is 0 Å². The maximum Gasteiger partial charge on any atom is 0.0395 e. The Labute approximate surface area is 86.2 Å². The molecule has 0 unspecified atom stereocenters. The van der Waals surface area contributed by atoms with E-state index in [1.807, 2.05) is 12.3 Å². The van der Waals surface area contributed by atoms with Crippen molar-refractivity contribution >= 4 is 6.72 Å². The zero-order valence-electron chi connectivity index (χ0n) is 8.88. The Hall–Kier alpha value is -1.57. The van der Waals surface area contributed by atoms with Crippen molar-refractivity contribution in [3.63, 3.8) is 0 Å². The summed E-state index contributed by atoms with van der Waals surface area (Å²) in [7, 11) is 0. The molecule has 0 aliphatic carbocycles. The summed E-state index contributed by atoms with van der Waals surface area (Å²) in [5.74, 6) is 0. The van der Waals surface area contributed by atoms with Gasteiger partial charge in [0.15, 0.2) is 0 Å². The lowest BCUT2D eigenvalue weighted by molar-refractivity contribution is 0.860. The molecule has 2 N–H and O–H groups in total. The van der Waals surface area contributed by atoms with Crippen LogP contribution in [0.3, 0.4) is 0 Å². The van der Waals surface area contributed by atoms with Gasteiger partial charge in [0.1, 0.15) is 0 Å². The maximum absolute atomic E-state index is 5.50. The first kappa shape index (κ1) is 12.4. The number of allylic oxidation sites excluding steroid dienone is 1. The molecule has 0 fully saturated rings. The molecule has 0 aliphatic heterocycles. The number of nitrogens with one attached hydrogen (secondary N) is 2. The lowest BCUT2D eigenvalue weighted by atomic mass is 10.2. The standard InChI is InChI=1S/C11H15N.CH3N/c1-10(2)8-12-9-11-6-4-3-5-7-11;1-2/h3-8,12H,9H2,1-2H3;2H,1H2. The zero-order chi connectivity index (χ0) is 10.8. The Kier molecular flexibility index (Phi) is 7.15. The van der Waals surface area contributed by atoms with Gasteiger partial charge in [-0.25, -0.2) is 0 Å². The Balaban J connectivity index is 0.000000791. The van der Waals surface area contributed by atoms with Crippen LogP contribution in [0.1, 0.15) is 19.4 Å². The first-order valence-electron chi connectivity index (χ1n) is 4.55. The van der Waals surface area contributed by atoms with Crippen LogP contribution in [-0.4, -0.2) is 6.72 Å². The number of benzene rings is 1. The van der Waals surface area contributed by atoms with Crippen molar-refractivity contribution < 1.29 is 0 Å². The highest BCUT2D eigenvalue weighted by Crippen LogP contribution is 1.97. The van der Waals surface area contributed by atoms with Crippen LogP contribution in [0.5, 0.6) is 0 Å². The molecule has 0 bridgehead atoms. The Morgan fingerprint density at radius 2 is 1.86 bits per heavy atom. The van der Waals surface area contributed by atoms with Gasteiger partial charge < -0.3 is 10.7 Å². The molecule has 14 heavy (non-hydrogen) atoms. The number of rotatable bonds is 3. The fourth-order valence-corrected chi connectivity index (χ4v) is 0.969. The summed E-state index contributed by atoms with van der Waals surface area (Å²) in [6.45, 7) is 7.57. The summed E-state index contributed by atoms with van der Waals surface area (Å²) >= 11 is 0. The van der Waals surface area contributed by atoms with E-state index in [2.05, 4.69) is 50.1 Å². The lowest BCUT2D eigenvalue weighted by Crippen LogP contribution is -2.04. The van der Waals surface area contributed by atoms with Crippen LogP contribution in [0.25, 0.3) is 0 Å². The summed E-state index contributed by atoms with van der Waals surface area (Å²) < 4.78 is 0. The third-order valence-electron chi connectivity index (χ3n) is 1.54. The van der Waals surface area contributed by atoms with Gasteiger partial charge in [-0.05, 0) is 32.3 Å². The molecule has 0 aromatic heterocycles. The third-order valence-corrected chi connectivity index (χ3v) is 1.54. The SMILES string of the molecule is C=N.CC(C)=CNCc1ccccc1. The molecule has 2 heteroatoms. The zero-order valence-corrected chi connectivity index (χ0v) is 8.88. The minimum absolute atomic E-state index is 0.909. The largest absolute Gasteiger partial charge is 0.387 e. The van der Waals surface area contributed by atoms with Crippen molar-refractivity contribution in [2.75, 3.05) is 0 Å². The molecular weight excluding hydrogens is 172 g/mol. The van der Waals surface area contributed by atoms with E-state index in [0.717, 1.165) is 6.54 Å². The molecule has 1 aromatic carbocycles. The van der Waals surface area contributed by atoms with Crippen LogP contribution < -0.4 is 5.32 Å². The van der Waals surface area contributed by atoms with E-state index >= 15 is 0 Å². The van der Waals surface area contributed by atoms with Gasteiger partial charge in [0.2, 0.25) is 0 Å². The highest BCUT2D eigenvalue weighted by Gasteiger charge is 1.86. The van der Waals surface area contributed by atoms with Crippen molar-refractivity contribution in [1.82, 2.24) is 5.32 Å². The van der Waals surface area contributed by atoms with Crippen LogP contribution >= 0.6 is 0 Å². The molecule has 0 heterocycles. The molecule has 0 aliphatic rings. The molecule has 0 saturated carbocycles. The Morgan fingerprint density at radius 3 is 2.36 bits per heavy atom. The van der Waals surface area contributed by atoms with E-state index in [1.165, 1.54) is 11.1 Å². The second-order valence-electron chi connectivity index (χ2n) is 3.09. The third kappa shape index (κ3) is 6.00. The van der Waals surface area contributed by atoms with Crippen LogP contribution in [-0.2, 0) is 6.54 Å². The van der Waals surface area contributed by atoms with E-state index in [0.29, 0.717) is 0 Å². The maximum atomic E-state index is 5.50. The van der Waals surface area contributed by atoms with Crippen LogP contribution in [0.2, 0.25) is 0 Å². The van der Waals surface area contributed by atoms with Gasteiger partial charge in [0.25, 0.3) is 0 Å².